The third-order valence-electron chi connectivity index (χ3n) is 2.60. The molecule has 6 nitrogen and oxygen atoms in total. The van der Waals surface area contributed by atoms with Gasteiger partial charge in [0.05, 0.1) is 27.1 Å². The highest BCUT2D eigenvalue weighted by Crippen LogP contribution is 2.38. The van der Waals surface area contributed by atoms with Crippen LogP contribution in [0, 0.1) is 0 Å². The van der Waals surface area contributed by atoms with E-state index in [4.69, 9.17) is 14.2 Å². The number of benzene rings is 1. The van der Waals surface area contributed by atoms with Gasteiger partial charge in [0.1, 0.15) is 0 Å². The molecule has 0 fully saturated rings. The Morgan fingerprint density at radius 3 is 1.95 bits per heavy atom. The summed E-state index contributed by atoms with van der Waals surface area (Å²) in [4.78, 5) is 0. The average Bonchev–Trinajstić information content (AvgIpc) is 2.43. The first-order valence-electron chi connectivity index (χ1n) is 5.73. The lowest BCUT2D eigenvalue weighted by Gasteiger charge is -2.14. The van der Waals surface area contributed by atoms with Crippen molar-refractivity contribution in [2.75, 3.05) is 27.1 Å². The Balaban J connectivity index is 3.03. The van der Waals surface area contributed by atoms with Gasteiger partial charge in [0.2, 0.25) is 15.8 Å². The fraction of sp³-hybridized carbons (Fsp3) is 0.500. The number of rotatable bonds is 7. The van der Waals surface area contributed by atoms with Gasteiger partial charge in [-0.15, -0.1) is 0 Å². The van der Waals surface area contributed by atoms with Crippen molar-refractivity contribution in [3.63, 3.8) is 0 Å². The third kappa shape index (κ3) is 4.00. The van der Waals surface area contributed by atoms with Crippen LogP contribution in [-0.4, -0.2) is 35.5 Å². The number of hydrogen-bond donors (Lipinski definition) is 1. The Bertz CT molecular complexity index is 502. The van der Waals surface area contributed by atoms with E-state index in [1.807, 2.05) is 0 Å². The Labute approximate surface area is 113 Å². The summed E-state index contributed by atoms with van der Waals surface area (Å²) in [5, 5.41) is 0. The van der Waals surface area contributed by atoms with Gasteiger partial charge in [-0.1, -0.05) is 0 Å². The molecule has 0 saturated carbocycles. The predicted molar refractivity (Wildman–Crippen MR) is 72.4 cm³/mol. The molecule has 0 radical (unpaired) electrons. The van der Waals surface area contributed by atoms with Crippen LogP contribution in [0.2, 0.25) is 0 Å². The monoisotopic (exact) mass is 289 g/mol. The predicted octanol–water partition coefficient (Wildman–Crippen LogP) is 1.15. The van der Waals surface area contributed by atoms with E-state index in [2.05, 4.69) is 4.72 Å². The van der Waals surface area contributed by atoms with E-state index in [0.29, 0.717) is 17.2 Å². The maximum absolute atomic E-state index is 11.4. The van der Waals surface area contributed by atoms with Crippen molar-refractivity contribution in [2.24, 2.45) is 0 Å². The minimum absolute atomic E-state index is 0.0391. The maximum Gasteiger partial charge on any atom is 0.211 e. The molecule has 1 aromatic carbocycles. The van der Waals surface area contributed by atoms with E-state index in [1.54, 1.807) is 19.1 Å². The van der Waals surface area contributed by atoms with Crippen molar-refractivity contribution >= 4 is 10.0 Å². The summed E-state index contributed by atoms with van der Waals surface area (Å²) < 4.78 is 40.9. The number of sulfonamides is 1. The minimum atomic E-state index is -3.24. The first-order chi connectivity index (χ1) is 8.97. The topological polar surface area (TPSA) is 73.9 Å². The second-order valence-corrected chi connectivity index (χ2v) is 5.85. The zero-order chi connectivity index (χ0) is 14.5. The lowest BCUT2D eigenvalue weighted by Crippen LogP contribution is -2.24. The summed E-state index contributed by atoms with van der Waals surface area (Å²) in [7, 11) is 1.30. The zero-order valence-corrected chi connectivity index (χ0v) is 12.3. The van der Waals surface area contributed by atoms with Crippen molar-refractivity contribution in [1.82, 2.24) is 4.72 Å². The normalized spacial score (nSPS) is 11.2. The number of ether oxygens (including phenoxy) is 3. The minimum Gasteiger partial charge on any atom is -0.493 e. The third-order valence-corrected chi connectivity index (χ3v) is 3.95. The molecule has 0 atom stereocenters. The lowest BCUT2D eigenvalue weighted by molar-refractivity contribution is 0.323. The summed E-state index contributed by atoms with van der Waals surface area (Å²) >= 11 is 0. The van der Waals surface area contributed by atoms with Crippen LogP contribution in [0.25, 0.3) is 0 Å². The van der Waals surface area contributed by atoms with Crippen LogP contribution in [0.15, 0.2) is 12.1 Å². The van der Waals surface area contributed by atoms with E-state index >= 15 is 0 Å². The molecule has 0 unspecified atom stereocenters. The van der Waals surface area contributed by atoms with Gasteiger partial charge in [-0.25, -0.2) is 13.1 Å². The molecule has 7 heteroatoms. The molecule has 0 aliphatic heterocycles. The van der Waals surface area contributed by atoms with Gasteiger partial charge in [0.25, 0.3) is 0 Å². The zero-order valence-electron chi connectivity index (χ0n) is 11.5. The number of hydrogen-bond acceptors (Lipinski definition) is 5. The molecule has 0 spiro atoms. The van der Waals surface area contributed by atoms with Crippen molar-refractivity contribution in [2.45, 2.75) is 13.5 Å². The Kier molecular flexibility index (Phi) is 5.44. The number of nitrogens with one attached hydrogen (secondary N) is 1. The lowest BCUT2D eigenvalue weighted by atomic mass is 10.2. The van der Waals surface area contributed by atoms with Gasteiger partial charge in [-0.2, -0.15) is 0 Å². The highest BCUT2D eigenvalue weighted by atomic mass is 32.2. The molecule has 0 aromatic heterocycles. The Morgan fingerprint density at radius 2 is 1.58 bits per heavy atom. The van der Waals surface area contributed by atoms with E-state index in [1.165, 1.54) is 21.3 Å². The molecule has 108 valence electrons. The molecule has 1 aromatic rings. The molecular formula is C12H19NO5S. The second-order valence-electron chi connectivity index (χ2n) is 3.76. The van der Waals surface area contributed by atoms with Crippen molar-refractivity contribution in [3.05, 3.63) is 17.7 Å². The molecule has 0 aliphatic rings. The smallest absolute Gasteiger partial charge is 0.211 e. The summed E-state index contributed by atoms with van der Waals surface area (Å²) in [6.07, 6.45) is 0. The van der Waals surface area contributed by atoms with Crippen LogP contribution < -0.4 is 18.9 Å². The standard InChI is InChI=1S/C12H19NO5S/c1-5-19(14,15)13-8-9-6-10(16-2)12(18-4)11(7-9)17-3/h6-7,13H,5,8H2,1-4H3. The average molecular weight is 289 g/mol. The first kappa shape index (κ1) is 15.6. The van der Waals surface area contributed by atoms with Gasteiger partial charge in [-0.05, 0) is 24.6 Å². The summed E-state index contributed by atoms with van der Waals surface area (Å²) in [6, 6.07) is 3.42. The highest BCUT2D eigenvalue weighted by molar-refractivity contribution is 7.89. The summed E-state index contributed by atoms with van der Waals surface area (Å²) in [5.74, 6) is 1.50. The van der Waals surface area contributed by atoms with Crippen LogP contribution >= 0.6 is 0 Å². The molecule has 0 heterocycles. The first-order valence-corrected chi connectivity index (χ1v) is 7.38. The van der Waals surface area contributed by atoms with Crippen LogP contribution in [0.4, 0.5) is 0 Å². The molecule has 19 heavy (non-hydrogen) atoms. The van der Waals surface area contributed by atoms with Gasteiger partial charge < -0.3 is 14.2 Å². The molecule has 0 amide bonds. The maximum atomic E-state index is 11.4. The summed E-state index contributed by atoms with van der Waals surface area (Å²) in [6.45, 7) is 1.75. The largest absolute Gasteiger partial charge is 0.493 e. The van der Waals surface area contributed by atoms with Crippen molar-refractivity contribution in [1.29, 1.82) is 0 Å². The highest BCUT2D eigenvalue weighted by Gasteiger charge is 2.14. The van der Waals surface area contributed by atoms with Crippen molar-refractivity contribution < 1.29 is 22.6 Å². The Hall–Kier alpha value is -1.47. The van der Waals surface area contributed by atoms with Crippen LogP contribution in [-0.2, 0) is 16.6 Å². The molecule has 1 N–H and O–H groups in total. The van der Waals surface area contributed by atoms with Crippen LogP contribution in [0.5, 0.6) is 17.2 Å². The molecule has 0 aliphatic carbocycles. The van der Waals surface area contributed by atoms with Crippen molar-refractivity contribution in [3.8, 4) is 17.2 Å². The fourth-order valence-corrected chi connectivity index (χ4v) is 2.12. The molecule has 1 rings (SSSR count). The Morgan fingerprint density at radius 1 is 1.05 bits per heavy atom. The molecule has 0 bridgehead atoms. The van der Waals surface area contributed by atoms with E-state index < -0.39 is 10.0 Å². The van der Waals surface area contributed by atoms with Gasteiger partial charge >= 0.3 is 0 Å². The molecular weight excluding hydrogens is 270 g/mol. The van der Waals surface area contributed by atoms with E-state index in [9.17, 15) is 8.42 Å². The van der Waals surface area contributed by atoms with Gasteiger partial charge in [-0.3, -0.25) is 0 Å². The van der Waals surface area contributed by atoms with Crippen LogP contribution in [0.1, 0.15) is 12.5 Å². The fourth-order valence-electron chi connectivity index (χ4n) is 1.53. The quantitative estimate of drug-likeness (QED) is 0.815. The van der Waals surface area contributed by atoms with Crippen LogP contribution in [0.3, 0.4) is 0 Å². The molecule has 0 saturated heterocycles. The van der Waals surface area contributed by atoms with Gasteiger partial charge in [0, 0.05) is 6.54 Å². The van der Waals surface area contributed by atoms with E-state index in [-0.39, 0.29) is 12.3 Å². The number of methoxy groups -OCH3 is 3. The SMILES string of the molecule is CCS(=O)(=O)NCc1cc(OC)c(OC)c(OC)c1. The van der Waals surface area contributed by atoms with Gasteiger partial charge in [0.15, 0.2) is 11.5 Å². The summed E-state index contributed by atoms with van der Waals surface area (Å²) in [5.41, 5.74) is 0.728. The second kappa shape index (κ2) is 6.63. The van der Waals surface area contributed by atoms with E-state index in [0.717, 1.165) is 5.56 Å².